The van der Waals surface area contributed by atoms with Gasteiger partial charge in [0.15, 0.2) is 0 Å². The predicted molar refractivity (Wildman–Crippen MR) is 135 cm³/mol. The van der Waals surface area contributed by atoms with Crippen molar-refractivity contribution in [3.05, 3.63) is 97.6 Å². The standard InChI is InChI=1S/C24H20ClIN2O2S/c1-15-12-20(26)10-11-21(15)27-23(30)17-4-6-18(7-5-17)24-28(22(29)14-31-24)13-16-2-8-19(25)9-3-16/h2-12,24H,13-14H2,1H3,(H,27,30)/t24-/m1/s1. The van der Waals surface area contributed by atoms with Gasteiger partial charge in [-0.2, -0.15) is 0 Å². The van der Waals surface area contributed by atoms with E-state index < -0.39 is 0 Å². The van der Waals surface area contributed by atoms with Gasteiger partial charge >= 0.3 is 0 Å². The highest BCUT2D eigenvalue weighted by Crippen LogP contribution is 2.39. The summed E-state index contributed by atoms with van der Waals surface area (Å²) < 4.78 is 1.13. The zero-order valence-electron chi connectivity index (χ0n) is 16.8. The minimum Gasteiger partial charge on any atom is -0.322 e. The van der Waals surface area contributed by atoms with Crippen LogP contribution in [0.25, 0.3) is 0 Å². The summed E-state index contributed by atoms with van der Waals surface area (Å²) in [6, 6.07) is 21.0. The highest BCUT2D eigenvalue weighted by atomic mass is 127. The summed E-state index contributed by atoms with van der Waals surface area (Å²) in [5, 5.41) is 3.58. The molecule has 0 bridgehead atoms. The fourth-order valence-corrected chi connectivity index (χ4v) is 5.41. The first-order valence-corrected chi connectivity index (χ1v) is 12.2. The molecule has 1 N–H and O–H groups in total. The summed E-state index contributed by atoms with van der Waals surface area (Å²) >= 11 is 9.83. The molecule has 7 heteroatoms. The third-order valence-electron chi connectivity index (χ3n) is 5.13. The molecule has 2 amide bonds. The van der Waals surface area contributed by atoms with Crippen molar-refractivity contribution < 1.29 is 9.59 Å². The average molecular weight is 563 g/mol. The number of nitrogens with zero attached hydrogens (tertiary/aromatic N) is 1. The lowest BCUT2D eigenvalue weighted by Crippen LogP contribution is -2.27. The van der Waals surface area contributed by atoms with Gasteiger partial charge in [0.2, 0.25) is 5.91 Å². The first kappa shape index (κ1) is 22.2. The molecule has 0 aliphatic carbocycles. The molecule has 1 aliphatic rings. The Morgan fingerprint density at radius 2 is 1.84 bits per heavy atom. The number of halogens is 2. The van der Waals surface area contributed by atoms with E-state index in [1.165, 1.54) is 0 Å². The second kappa shape index (κ2) is 9.63. The van der Waals surface area contributed by atoms with Gasteiger partial charge in [-0.3, -0.25) is 9.59 Å². The summed E-state index contributed by atoms with van der Waals surface area (Å²) in [4.78, 5) is 27.0. The topological polar surface area (TPSA) is 49.4 Å². The molecular weight excluding hydrogens is 543 g/mol. The van der Waals surface area contributed by atoms with Crippen LogP contribution in [-0.2, 0) is 11.3 Å². The molecule has 1 aliphatic heterocycles. The Balaban J connectivity index is 1.48. The average Bonchev–Trinajstić information content (AvgIpc) is 3.12. The Labute approximate surface area is 204 Å². The molecule has 0 radical (unpaired) electrons. The molecule has 0 spiro atoms. The number of hydrogen-bond donors (Lipinski definition) is 1. The van der Waals surface area contributed by atoms with Crippen LogP contribution in [-0.4, -0.2) is 22.5 Å². The maximum absolute atomic E-state index is 12.7. The van der Waals surface area contributed by atoms with Gasteiger partial charge in [0.1, 0.15) is 5.37 Å². The van der Waals surface area contributed by atoms with Crippen LogP contribution in [0.4, 0.5) is 5.69 Å². The van der Waals surface area contributed by atoms with Crippen molar-refractivity contribution in [2.75, 3.05) is 11.1 Å². The molecule has 158 valence electrons. The number of amides is 2. The zero-order valence-corrected chi connectivity index (χ0v) is 20.5. The second-order valence-electron chi connectivity index (χ2n) is 7.35. The molecule has 3 aromatic carbocycles. The molecule has 31 heavy (non-hydrogen) atoms. The molecule has 1 saturated heterocycles. The van der Waals surface area contributed by atoms with Crippen molar-refractivity contribution in [2.24, 2.45) is 0 Å². The largest absolute Gasteiger partial charge is 0.322 e. The van der Waals surface area contributed by atoms with Gasteiger partial charge in [-0.05, 0) is 88.7 Å². The number of carbonyl (C=O) groups is 2. The summed E-state index contributed by atoms with van der Waals surface area (Å²) in [5.41, 5.74) is 4.46. The van der Waals surface area contributed by atoms with Gasteiger partial charge < -0.3 is 10.2 Å². The fourth-order valence-electron chi connectivity index (χ4n) is 3.45. The van der Waals surface area contributed by atoms with E-state index in [1.807, 2.05) is 78.6 Å². The minimum absolute atomic E-state index is 0.0706. The number of carbonyl (C=O) groups excluding carboxylic acids is 2. The van der Waals surface area contributed by atoms with Crippen molar-refractivity contribution in [1.82, 2.24) is 4.90 Å². The Bertz CT molecular complexity index is 1120. The van der Waals surface area contributed by atoms with E-state index in [0.29, 0.717) is 22.9 Å². The second-order valence-corrected chi connectivity index (χ2v) is 10.1. The summed E-state index contributed by atoms with van der Waals surface area (Å²) in [6.07, 6.45) is 0. The Morgan fingerprint density at radius 1 is 1.13 bits per heavy atom. The van der Waals surface area contributed by atoms with Gasteiger partial charge in [0, 0.05) is 26.4 Å². The number of hydrogen-bond acceptors (Lipinski definition) is 3. The molecule has 1 fully saturated rings. The number of nitrogens with one attached hydrogen (secondary N) is 1. The molecule has 3 aromatic rings. The van der Waals surface area contributed by atoms with Crippen LogP contribution in [0.3, 0.4) is 0 Å². The van der Waals surface area contributed by atoms with Crippen molar-refractivity contribution in [3.8, 4) is 0 Å². The number of anilines is 1. The number of thioether (sulfide) groups is 1. The van der Waals surface area contributed by atoms with E-state index in [0.717, 1.165) is 25.9 Å². The molecule has 4 rings (SSSR count). The van der Waals surface area contributed by atoms with Gasteiger partial charge in [-0.15, -0.1) is 11.8 Å². The molecule has 0 aromatic heterocycles. The normalized spacial score (nSPS) is 15.9. The summed E-state index contributed by atoms with van der Waals surface area (Å²) in [5.74, 6) is 0.414. The maximum Gasteiger partial charge on any atom is 0.255 e. The van der Waals surface area contributed by atoms with Crippen LogP contribution in [0.2, 0.25) is 5.02 Å². The third kappa shape index (κ3) is 5.25. The molecule has 0 unspecified atom stereocenters. The SMILES string of the molecule is Cc1cc(I)ccc1NC(=O)c1ccc([C@H]2SCC(=O)N2Cc2ccc(Cl)cc2)cc1. The lowest BCUT2D eigenvalue weighted by atomic mass is 10.1. The molecule has 1 atom stereocenters. The van der Waals surface area contributed by atoms with Crippen LogP contribution in [0, 0.1) is 10.5 Å². The number of benzene rings is 3. The van der Waals surface area contributed by atoms with Crippen molar-refractivity contribution in [1.29, 1.82) is 0 Å². The predicted octanol–water partition coefficient (Wildman–Crippen LogP) is 6.28. The van der Waals surface area contributed by atoms with Crippen LogP contribution in [0.1, 0.15) is 32.4 Å². The van der Waals surface area contributed by atoms with Crippen LogP contribution in [0.15, 0.2) is 66.7 Å². The molecule has 0 saturated carbocycles. The van der Waals surface area contributed by atoms with Crippen molar-refractivity contribution in [2.45, 2.75) is 18.8 Å². The van der Waals surface area contributed by atoms with E-state index in [1.54, 1.807) is 11.8 Å². The van der Waals surface area contributed by atoms with E-state index in [2.05, 4.69) is 27.9 Å². The molecular formula is C24H20ClIN2O2S. The smallest absolute Gasteiger partial charge is 0.255 e. The lowest BCUT2D eigenvalue weighted by Gasteiger charge is -2.24. The zero-order chi connectivity index (χ0) is 22.0. The Hall–Kier alpha value is -2.03. The Kier molecular flexibility index (Phi) is 6.89. The van der Waals surface area contributed by atoms with E-state index in [9.17, 15) is 9.59 Å². The van der Waals surface area contributed by atoms with E-state index in [4.69, 9.17) is 11.6 Å². The lowest BCUT2D eigenvalue weighted by molar-refractivity contribution is -0.128. The van der Waals surface area contributed by atoms with Gasteiger partial charge in [0.25, 0.3) is 5.91 Å². The summed E-state index contributed by atoms with van der Waals surface area (Å²) in [7, 11) is 0. The molecule has 4 nitrogen and oxygen atoms in total. The first-order valence-electron chi connectivity index (χ1n) is 9.74. The van der Waals surface area contributed by atoms with Gasteiger partial charge in [0.05, 0.1) is 5.75 Å². The molecule has 1 heterocycles. The number of rotatable bonds is 5. The number of aryl methyl sites for hydroxylation is 1. The van der Waals surface area contributed by atoms with Crippen LogP contribution >= 0.6 is 46.0 Å². The minimum atomic E-state index is -0.149. The van der Waals surface area contributed by atoms with Crippen molar-refractivity contribution >= 4 is 63.5 Å². The van der Waals surface area contributed by atoms with Gasteiger partial charge in [-0.25, -0.2) is 0 Å². The van der Waals surface area contributed by atoms with Crippen LogP contribution < -0.4 is 5.32 Å². The van der Waals surface area contributed by atoms with E-state index >= 15 is 0 Å². The van der Waals surface area contributed by atoms with E-state index in [-0.39, 0.29) is 17.2 Å². The summed E-state index contributed by atoms with van der Waals surface area (Å²) in [6.45, 7) is 2.51. The van der Waals surface area contributed by atoms with Crippen LogP contribution in [0.5, 0.6) is 0 Å². The first-order chi connectivity index (χ1) is 14.9. The highest BCUT2D eigenvalue weighted by molar-refractivity contribution is 14.1. The maximum atomic E-state index is 12.7. The third-order valence-corrected chi connectivity index (χ3v) is 7.31. The van der Waals surface area contributed by atoms with Crippen molar-refractivity contribution in [3.63, 3.8) is 0 Å². The highest BCUT2D eigenvalue weighted by Gasteiger charge is 2.32. The Morgan fingerprint density at radius 3 is 2.52 bits per heavy atom. The van der Waals surface area contributed by atoms with Gasteiger partial charge in [-0.1, -0.05) is 35.9 Å². The quantitative estimate of drug-likeness (QED) is 0.373. The fraction of sp³-hybridized carbons (Fsp3) is 0.167. The monoisotopic (exact) mass is 562 g/mol.